The minimum Gasteiger partial charge on any atom is -0.466 e. The SMILES string of the molecule is COC(=O)/C=C/CNC(=O)C1(c2ccccc2)CC(F)C1. The van der Waals surface area contributed by atoms with Crippen LogP contribution in [0.5, 0.6) is 0 Å². The van der Waals surface area contributed by atoms with Crippen LogP contribution < -0.4 is 5.32 Å². The molecule has 4 nitrogen and oxygen atoms in total. The summed E-state index contributed by atoms with van der Waals surface area (Å²) < 4.78 is 17.8. The maximum absolute atomic E-state index is 13.3. The number of hydrogen-bond donors (Lipinski definition) is 1. The molecular weight excluding hydrogens is 273 g/mol. The zero-order valence-electron chi connectivity index (χ0n) is 11.8. The third-order valence-electron chi connectivity index (χ3n) is 3.74. The number of carbonyl (C=O) groups is 2. The number of carbonyl (C=O) groups excluding carboxylic acids is 2. The van der Waals surface area contributed by atoms with E-state index in [9.17, 15) is 14.0 Å². The molecule has 1 fully saturated rings. The highest BCUT2D eigenvalue weighted by atomic mass is 19.1. The van der Waals surface area contributed by atoms with E-state index in [0.29, 0.717) is 0 Å². The lowest BCUT2D eigenvalue weighted by Crippen LogP contribution is -2.54. The van der Waals surface area contributed by atoms with Gasteiger partial charge in [0.1, 0.15) is 6.17 Å². The standard InChI is InChI=1S/C16H18FNO3/c1-21-14(19)8-5-9-18-15(20)16(10-13(17)11-16)12-6-3-2-4-7-12/h2-8,13H,9-11H2,1H3,(H,18,20)/b8-5+. The van der Waals surface area contributed by atoms with Gasteiger partial charge in [-0.25, -0.2) is 9.18 Å². The molecule has 5 heteroatoms. The Balaban J connectivity index is 2.01. The van der Waals surface area contributed by atoms with Crippen LogP contribution in [0.3, 0.4) is 0 Å². The number of rotatable bonds is 5. The molecule has 0 heterocycles. The highest BCUT2D eigenvalue weighted by molar-refractivity contribution is 5.90. The van der Waals surface area contributed by atoms with Crippen molar-refractivity contribution in [2.24, 2.45) is 0 Å². The molecule has 1 aliphatic carbocycles. The minimum atomic E-state index is -0.943. The van der Waals surface area contributed by atoms with Crippen LogP contribution in [0.4, 0.5) is 4.39 Å². The molecule has 1 N–H and O–H groups in total. The van der Waals surface area contributed by atoms with Gasteiger partial charge in [0.2, 0.25) is 5.91 Å². The molecule has 1 amide bonds. The number of ether oxygens (including phenoxy) is 1. The number of halogens is 1. The topological polar surface area (TPSA) is 55.4 Å². The van der Waals surface area contributed by atoms with Crippen LogP contribution >= 0.6 is 0 Å². The van der Waals surface area contributed by atoms with Crippen LogP contribution in [-0.2, 0) is 19.7 Å². The quantitative estimate of drug-likeness (QED) is 0.666. The second-order valence-corrected chi connectivity index (χ2v) is 5.09. The molecule has 2 rings (SSSR count). The average molecular weight is 291 g/mol. The number of methoxy groups -OCH3 is 1. The maximum atomic E-state index is 13.3. The smallest absolute Gasteiger partial charge is 0.330 e. The highest BCUT2D eigenvalue weighted by Gasteiger charge is 2.51. The van der Waals surface area contributed by atoms with Crippen LogP contribution in [0.15, 0.2) is 42.5 Å². The summed E-state index contributed by atoms with van der Waals surface area (Å²) in [6, 6.07) is 9.23. The van der Waals surface area contributed by atoms with Crippen molar-refractivity contribution >= 4 is 11.9 Å². The molecule has 0 bridgehead atoms. The first-order valence-corrected chi connectivity index (χ1v) is 6.81. The Hall–Kier alpha value is -2.17. The Labute approximate surface area is 123 Å². The van der Waals surface area contributed by atoms with E-state index in [2.05, 4.69) is 10.1 Å². The van der Waals surface area contributed by atoms with Crippen LogP contribution in [0, 0.1) is 0 Å². The van der Waals surface area contributed by atoms with E-state index in [1.165, 1.54) is 19.3 Å². The lowest BCUT2D eigenvalue weighted by atomic mass is 9.62. The van der Waals surface area contributed by atoms with Gasteiger partial charge in [-0.2, -0.15) is 0 Å². The lowest BCUT2D eigenvalue weighted by Gasteiger charge is -2.43. The molecule has 0 radical (unpaired) electrons. The fraction of sp³-hybridized carbons (Fsp3) is 0.375. The summed E-state index contributed by atoms with van der Waals surface area (Å²) in [5, 5.41) is 2.72. The molecule has 0 aromatic heterocycles. The van der Waals surface area contributed by atoms with Gasteiger partial charge >= 0.3 is 5.97 Å². The summed E-state index contributed by atoms with van der Waals surface area (Å²) in [5.41, 5.74) is 0.0353. The summed E-state index contributed by atoms with van der Waals surface area (Å²) in [6.07, 6.45) is 2.21. The lowest BCUT2D eigenvalue weighted by molar-refractivity contribution is -0.135. The molecule has 1 aromatic rings. The van der Waals surface area contributed by atoms with Crippen LogP contribution in [0.1, 0.15) is 18.4 Å². The molecule has 0 spiro atoms. The van der Waals surface area contributed by atoms with Gasteiger partial charge in [0.15, 0.2) is 0 Å². The highest BCUT2D eigenvalue weighted by Crippen LogP contribution is 2.45. The van der Waals surface area contributed by atoms with Crippen molar-refractivity contribution < 1.29 is 18.7 Å². The Morgan fingerprint density at radius 3 is 2.62 bits per heavy atom. The van der Waals surface area contributed by atoms with E-state index in [0.717, 1.165) is 5.56 Å². The molecular formula is C16H18FNO3. The summed E-state index contributed by atoms with van der Waals surface area (Å²) >= 11 is 0. The van der Waals surface area contributed by atoms with Crippen molar-refractivity contribution in [1.82, 2.24) is 5.32 Å². The fourth-order valence-corrected chi connectivity index (χ4v) is 2.55. The fourth-order valence-electron chi connectivity index (χ4n) is 2.55. The Morgan fingerprint density at radius 1 is 1.38 bits per heavy atom. The molecule has 0 aliphatic heterocycles. The summed E-state index contributed by atoms with van der Waals surface area (Å²) in [6.45, 7) is 0.208. The van der Waals surface area contributed by atoms with Crippen molar-refractivity contribution in [1.29, 1.82) is 0 Å². The molecule has 1 aromatic carbocycles. The largest absolute Gasteiger partial charge is 0.466 e. The van der Waals surface area contributed by atoms with E-state index in [4.69, 9.17) is 0 Å². The Kier molecular flexibility index (Phi) is 4.73. The maximum Gasteiger partial charge on any atom is 0.330 e. The van der Waals surface area contributed by atoms with Crippen molar-refractivity contribution in [2.45, 2.75) is 24.4 Å². The van der Waals surface area contributed by atoms with Gasteiger partial charge in [-0.05, 0) is 18.4 Å². The zero-order valence-corrected chi connectivity index (χ0v) is 11.8. The summed E-state index contributed by atoms with van der Waals surface area (Å²) in [5.74, 6) is -0.688. The second-order valence-electron chi connectivity index (χ2n) is 5.09. The van der Waals surface area contributed by atoms with Gasteiger partial charge in [-0.15, -0.1) is 0 Å². The number of hydrogen-bond acceptors (Lipinski definition) is 3. The molecule has 1 saturated carbocycles. The normalized spacial score (nSPS) is 24.4. The zero-order chi connectivity index (χ0) is 15.3. The van der Waals surface area contributed by atoms with Crippen LogP contribution in [-0.4, -0.2) is 31.7 Å². The van der Waals surface area contributed by atoms with E-state index in [1.807, 2.05) is 30.3 Å². The Bertz CT molecular complexity index is 536. The van der Waals surface area contributed by atoms with Gasteiger partial charge in [0.25, 0.3) is 0 Å². The van der Waals surface area contributed by atoms with E-state index < -0.39 is 17.6 Å². The van der Waals surface area contributed by atoms with Crippen LogP contribution in [0.25, 0.3) is 0 Å². The second kappa shape index (κ2) is 6.52. The first-order valence-electron chi connectivity index (χ1n) is 6.81. The molecule has 1 aliphatic rings. The van der Waals surface area contributed by atoms with Gasteiger partial charge in [-0.1, -0.05) is 36.4 Å². The first kappa shape index (κ1) is 15.2. The summed E-state index contributed by atoms with van der Waals surface area (Å²) in [4.78, 5) is 23.3. The van der Waals surface area contributed by atoms with Crippen molar-refractivity contribution in [3.63, 3.8) is 0 Å². The van der Waals surface area contributed by atoms with Gasteiger partial charge in [-0.3, -0.25) is 4.79 Å². The van der Waals surface area contributed by atoms with Gasteiger partial charge in [0, 0.05) is 12.6 Å². The predicted molar refractivity (Wildman–Crippen MR) is 76.4 cm³/mol. The minimum absolute atomic E-state index is 0.198. The van der Waals surface area contributed by atoms with E-state index >= 15 is 0 Å². The average Bonchev–Trinajstić information content (AvgIpc) is 2.48. The molecule has 0 atom stereocenters. The first-order chi connectivity index (χ1) is 10.1. The number of nitrogens with one attached hydrogen (secondary N) is 1. The molecule has 0 saturated heterocycles. The number of esters is 1. The third kappa shape index (κ3) is 3.29. The number of alkyl halides is 1. The number of benzene rings is 1. The van der Waals surface area contributed by atoms with Crippen LogP contribution in [0.2, 0.25) is 0 Å². The predicted octanol–water partition coefficient (Wildman–Crippen LogP) is 1.90. The van der Waals surface area contributed by atoms with Gasteiger partial charge in [0.05, 0.1) is 12.5 Å². The van der Waals surface area contributed by atoms with Crippen molar-refractivity contribution in [3.05, 3.63) is 48.0 Å². The summed E-state index contributed by atoms with van der Waals surface area (Å²) in [7, 11) is 1.28. The third-order valence-corrected chi connectivity index (χ3v) is 3.74. The van der Waals surface area contributed by atoms with Gasteiger partial charge < -0.3 is 10.1 Å². The molecule has 21 heavy (non-hydrogen) atoms. The van der Waals surface area contributed by atoms with E-state index in [1.54, 1.807) is 0 Å². The van der Waals surface area contributed by atoms with Crippen molar-refractivity contribution in [3.8, 4) is 0 Å². The molecule has 112 valence electrons. The Morgan fingerprint density at radius 2 is 2.05 bits per heavy atom. The van der Waals surface area contributed by atoms with Crippen molar-refractivity contribution in [2.75, 3.05) is 13.7 Å². The number of amides is 1. The molecule has 0 unspecified atom stereocenters. The van der Waals surface area contributed by atoms with E-state index in [-0.39, 0.29) is 25.3 Å². The monoisotopic (exact) mass is 291 g/mol.